The van der Waals surface area contributed by atoms with Gasteiger partial charge < -0.3 is 25.2 Å². The normalized spacial score (nSPS) is 13.7. The summed E-state index contributed by atoms with van der Waals surface area (Å²) in [6.07, 6.45) is 37.4. The Bertz CT molecular complexity index is 952. The fourth-order valence-corrected chi connectivity index (χ4v) is 7.32. The number of carboxylic acid groups (broad SMARTS) is 1. The van der Waals surface area contributed by atoms with Gasteiger partial charge in [0.15, 0.2) is 6.10 Å². The van der Waals surface area contributed by atoms with Gasteiger partial charge >= 0.3 is 25.7 Å². The SMILES string of the molecule is CCCCCCCCCCCCCCCCCCCCCC(=O)O[C@H](COC(=O)CCCCCCCCCCCCCC)COP(=O)(O)OC[C@H](N)C(=O)O. The third kappa shape index (κ3) is 39.1. The van der Waals surface area contributed by atoms with Crippen LogP contribution < -0.4 is 5.73 Å². The van der Waals surface area contributed by atoms with Crippen molar-refractivity contribution in [2.24, 2.45) is 5.73 Å². The summed E-state index contributed by atoms with van der Waals surface area (Å²) in [7, 11) is -4.71. The number of esters is 2. The number of aliphatic carboxylic acids is 1. The van der Waals surface area contributed by atoms with Crippen LogP contribution in [0.4, 0.5) is 0 Å². The van der Waals surface area contributed by atoms with Gasteiger partial charge in [-0.05, 0) is 12.8 Å². The van der Waals surface area contributed by atoms with Crippen molar-refractivity contribution in [1.82, 2.24) is 0 Å². The van der Waals surface area contributed by atoms with Crippen molar-refractivity contribution in [2.45, 2.75) is 238 Å². The van der Waals surface area contributed by atoms with Crippen molar-refractivity contribution in [3.63, 3.8) is 0 Å². The molecular formula is C43H84NO10P. The molecule has 326 valence electrons. The number of ether oxygens (including phenoxy) is 2. The molecule has 0 heterocycles. The largest absolute Gasteiger partial charge is 0.480 e. The van der Waals surface area contributed by atoms with Crippen molar-refractivity contribution in [1.29, 1.82) is 0 Å². The van der Waals surface area contributed by atoms with Crippen LogP contribution in [0.3, 0.4) is 0 Å². The number of phosphoric ester groups is 1. The third-order valence-electron chi connectivity index (χ3n) is 10.1. The molecule has 0 saturated carbocycles. The summed E-state index contributed by atoms with van der Waals surface area (Å²) in [5.41, 5.74) is 5.33. The summed E-state index contributed by atoms with van der Waals surface area (Å²) in [5.74, 6) is -2.36. The van der Waals surface area contributed by atoms with Crippen LogP contribution in [0.25, 0.3) is 0 Å². The number of phosphoric acid groups is 1. The maximum atomic E-state index is 12.6. The second-order valence-corrected chi connectivity index (χ2v) is 17.0. The van der Waals surface area contributed by atoms with Crippen LogP contribution in [-0.2, 0) is 37.5 Å². The van der Waals surface area contributed by atoms with E-state index in [1.54, 1.807) is 0 Å². The molecule has 0 rings (SSSR count). The van der Waals surface area contributed by atoms with E-state index < -0.39 is 51.1 Å². The van der Waals surface area contributed by atoms with Gasteiger partial charge in [-0.3, -0.25) is 23.4 Å². The van der Waals surface area contributed by atoms with Crippen molar-refractivity contribution in [2.75, 3.05) is 19.8 Å². The Hall–Kier alpha value is -1.52. The topological polar surface area (TPSA) is 172 Å². The summed E-state index contributed by atoms with van der Waals surface area (Å²) in [4.78, 5) is 45.9. The molecule has 0 spiro atoms. The number of unbranched alkanes of at least 4 members (excludes halogenated alkanes) is 29. The van der Waals surface area contributed by atoms with Crippen molar-refractivity contribution < 1.29 is 47.5 Å². The first-order chi connectivity index (χ1) is 26.6. The van der Waals surface area contributed by atoms with Crippen LogP contribution in [0.5, 0.6) is 0 Å². The Kier molecular flexibility index (Phi) is 38.2. The van der Waals surface area contributed by atoms with Crippen LogP contribution in [0.1, 0.15) is 226 Å². The highest BCUT2D eigenvalue weighted by molar-refractivity contribution is 7.47. The zero-order chi connectivity index (χ0) is 40.7. The monoisotopic (exact) mass is 806 g/mol. The van der Waals surface area contributed by atoms with E-state index in [0.717, 1.165) is 38.5 Å². The van der Waals surface area contributed by atoms with Crippen molar-refractivity contribution >= 4 is 25.7 Å². The standard InChI is InChI=1S/C43H84NO10P/c1-3-5-7-9-11-13-15-17-18-19-20-21-22-23-25-27-29-31-33-35-42(46)54-39(37-52-55(49,50)53-38-40(44)43(47)48)36-51-41(45)34-32-30-28-26-24-16-14-12-10-8-6-4-2/h39-40H,3-38,44H2,1-2H3,(H,47,48)(H,49,50)/t39-,40+/m1/s1. The molecule has 0 amide bonds. The fourth-order valence-electron chi connectivity index (χ4n) is 6.54. The number of rotatable bonds is 43. The van der Waals surface area contributed by atoms with E-state index >= 15 is 0 Å². The van der Waals surface area contributed by atoms with Crippen LogP contribution >= 0.6 is 7.82 Å². The van der Waals surface area contributed by atoms with E-state index in [-0.39, 0.29) is 19.4 Å². The highest BCUT2D eigenvalue weighted by atomic mass is 31.2. The number of hydrogen-bond donors (Lipinski definition) is 3. The molecular weight excluding hydrogens is 721 g/mol. The Morgan fingerprint density at radius 3 is 1.15 bits per heavy atom. The molecule has 11 nitrogen and oxygen atoms in total. The molecule has 0 aliphatic carbocycles. The minimum absolute atomic E-state index is 0.170. The van der Waals surface area contributed by atoms with Gasteiger partial charge in [0.2, 0.25) is 0 Å². The first kappa shape index (κ1) is 53.5. The molecule has 0 aliphatic heterocycles. The quantitative estimate of drug-likeness (QED) is 0.0304. The lowest BCUT2D eigenvalue weighted by Gasteiger charge is -2.20. The van der Waals surface area contributed by atoms with Gasteiger partial charge in [-0.1, -0.05) is 200 Å². The second-order valence-electron chi connectivity index (χ2n) is 15.6. The summed E-state index contributed by atoms with van der Waals surface area (Å²) in [6.45, 7) is 2.83. The smallest absolute Gasteiger partial charge is 0.472 e. The average Bonchev–Trinajstić information content (AvgIpc) is 3.16. The van der Waals surface area contributed by atoms with Gasteiger partial charge in [0.1, 0.15) is 12.6 Å². The molecule has 1 unspecified atom stereocenters. The predicted octanol–water partition coefficient (Wildman–Crippen LogP) is 11.9. The maximum Gasteiger partial charge on any atom is 0.472 e. The molecule has 4 N–H and O–H groups in total. The first-order valence-electron chi connectivity index (χ1n) is 22.6. The molecule has 0 saturated heterocycles. The molecule has 0 bridgehead atoms. The van der Waals surface area contributed by atoms with E-state index in [9.17, 15) is 23.8 Å². The highest BCUT2D eigenvalue weighted by Crippen LogP contribution is 2.43. The molecule has 0 aromatic carbocycles. The summed E-state index contributed by atoms with van der Waals surface area (Å²) in [6, 6.07) is -1.52. The maximum absolute atomic E-state index is 12.6. The Morgan fingerprint density at radius 2 is 0.800 bits per heavy atom. The molecule has 0 aromatic heterocycles. The van der Waals surface area contributed by atoms with Gasteiger partial charge in [-0.25, -0.2) is 4.57 Å². The molecule has 0 fully saturated rings. The zero-order valence-corrected chi connectivity index (χ0v) is 36.2. The molecule has 0 aliphatic rings. The lowest BCUT2D eigenvalue weighted by atomic mass is 10.0. The Morgan fingerprint density at radius 1 is 0.491 bits per heavy atom. The second kappa shape index (κ2) is 39.3. The molecule has 55 heavy (non-hydrogen) atoms. The lowest BCUT2D eigenvalue weighted by molar-refractivity contribution is -0.161. The average molecular weight is 806 g/mol. The number of carbonyl (C=O) groups is 3. The summed E-state index contributed by atoms with van der Waals surface area (Å²) in [5, 5.41) is 8.88. The van der Waals surface area contributed by atoms with Gasteiger partial charge in [-0.15, -0.1) is 0 Å². The van der Waals surface area contributed by atoms with Gasteiger partial charge in [-0.2, -0.15) is 0 Å². The molecule has 3 atom stereocenters. The van der Waals surface area contributed by atoms with E-state index in [2.05, 4.69) is 18.4 Å². The molecule has 0 radical (unpaired) electrons. The number of nitrogens with two attached hydrogens (primary N) is 1. The first-order valence-corrected chi connectivity index (χ1v) is 24.1. The van der Waals surface area contributed by atoms with E-state index in [4.69, 9.17) is 24.8 Å². The minimum Gasteiger partial charge on any atom is -0.480 e. The Labute approximate surface area is 335 Å². The summed E-state index contributed by atoms with van der Waals surface area (Å²) < 4.78 is 32.7. The minimum atomic E-state index is -4.71. The van der Waals surface area contributed by atoms with E-state index in [1.165, 1.54) is 148 Å². The van der Waals surface area contributed by atoms with Crippen LogP contribution in [0.2, 0.25) is 0 Å². The molecule has 0 aromatic rings. The molecule has 12 heteroatoms. The van der Waals surface area contributed by atoms with Crippen molar-refractivity contribution in [3.05, 3.63) is 0 Å². The third-order valence-corrected chi connectivity index (χ3v) is 11.1. The fraction of sp³-hybridized carbons (Fsp3) is 0.930. The predicted molar refractivity (Wildman–Crippen MR) is 222 cm³/mol. The van der Waals surface area contributed by atoms with E-state index in [0.29, 0.717) is 12.8 Å². The zero-order valence-electron chi connectivity index (χ0n) is 35.3. The van der Waals surface area contributed by atoms with Crippen molar-refractivity contribution in [3.8, 4) is 0 Å². The highest BCUT2D eigenvalue weighted by Gasteiger charge is 2.28. The number of carbonyl (C=O) groups excluding carboxylic acids is 2. The van der Waals surface area contributed by atoms with Crippen LogP contribution in [-0.4, -0.2) is 59.9 Å². The Balaban J connectivity index is 4.26. The number of carboxylic acids is 1. The van der Waals surface area contributed by atoms with Gasteiger partial charge in [0.25, 0.3) is 0 Å². The van der Waals surface area contributed by atoms with Crippen LogP contribution in [0, 0.1) is 0 Å². The van der Waals surface area contributed by atoms with Gasteiger partial charge in [0, 0.05) is 12.8 Å². The van der Waals surface area contributed by atoms with Gasteiger partial charge in [0.05, 0.1) is 13.2 Å². The van der Waals surface area contributed by atoms with E-state index in [1.807, 2.05) is 0 Å². The lowest BCUT2D eigenvalue weighted by Crippen LogP contribution is -2.34. The number of hydrogen-bond acceptors (Lipinski definition) is 9. The summed E-state index contributed by atoms with van der Waals surface area (Å²) >= 11 is 0. The van der Waals surface area contributed by atoms with Crippen LogP contribution in [0.15, 0.2) is 0 Å².